The molecule has 1 heterocycles. The Bertz CT molecular complexity index is 615. The Hall–Kier alpha value is -2.50. The van der Waals surface area contributed by atoms with Gasteiger partial charge in [0, 0.05) is 5.56 Å². The molecule has 0 fully saturated rings. The molecule has 0 atom stereocenters. The largest absolute Gasteiger partial charge is 0.493 e. The highest BCUT2D eigenvalue weighted by atomic mass is 16.5. The van der Waals surface area contributed by atoms with Crippen LogP contribution in [0.4, 0.5) is 5.69 Å². The number of hydrogen-bond acceptors (Lipinski definition) is 5. The molecule has 0 saturated carbocycles. The molecule has 106 valence electrons. The van der Waals surface area contributed by atoms with Gasteiger partial charge in [-0.15, -0.1) is 0 Å². The first-order valence-corrected chi connectivity index (χ1v) is 6.03. The Labute approximate surface area is 116 Å². The van der Waals surface area contributed by atoms with Crippen molar-refractivity contribution >= 4 is 11.6 Å². The summed E-state index contributed by atoms with van der Waals surface area (Å²) in [5.74, 6) is 1.37. The predicted octanol–water partition coefficient (Wildman–Crippen LogP) is 2.56. The van der Waals surface area contributed by atoms with Crippen LogP contribution in [0.1, 0.15) is 21.8 Å². The molecule has 20 heavy (non-hydrogen) atoms. The molecule has 1 amide bonds. The standard InChI is InChI=1S/C14H16N2O4/c1-8-13(9(2)20-16-8)15-14(17)10-5-6-11(18-3)12(7-10)19-4/h5-7H,1-4H3,(H,15,17). The molecule has 2 rings (SSSR count). The van der Waals surface area contributed by atoms with Crippen LogP contribution in [0.15, 0.2) is 22.7 Å². The molecule has 1 N–H and O–H groups in total. The maximum Gasteiger partial charge on any atom is 0.255 e. The van der Waals surface area contributed by atoms with Crippen molar-refractivity contribution in [2.24, 2.45) is 0 Å². The van der Waals surface area contributed by atoms with Gasteiger partial charge in [-0.1, -0.05) is 5.16 Å². The Morgan fingerprint density at radius 2 is 1.90 bits per heavy atom. The van der Waals surface area contributed by atoms with Gasteiger partial charge in [0.2, 0.25) is 0 Å². The number of nitrogens with one attached hydrogen (secondary N) is 1. The fourth-order valence-corrected chi connectivity index (χ4v) is 1.82. The van der Waals surface area contributed by atoms with Gasteiger partial charge in [0.25, 0.3) is 5.91 Å². The minimum Gasteiger partial charge on any atom is -0.493 e. The Kier molecular flexibility index (Phi) is 3.93. The van der Waals surface area contributed by atoms with Crippen molar-refractivity contribution in [3.63, 3.8) is 0 Å². The number of rotatable bonds is 4. The van der Waals surface area contributed by atoms with E-state index in [1.165, 1.54) is 7.11 Å². The number of benzene rings is 1. The summed E-state index contributed by atoms with van der Waals surface area (Å²) in [6.07, 6.45) is 0. The first kappa shape index (κ1) is 13.9. The van der Waals surface area contributed by atoms with Crippen LogP contribution in [0, 0.1) is 13.8 Å². The van der Waals surface area contributed by atoms with E-state index in [9.17, 15) is 4.79 Å². The lowest BCUT2D eigenvalue weighted by Gasteiger charge is -2.09. The highest BCUT2D eigenvalue weighted by Gasteiger charge is 2.15. The van der Waals surface area contributed by atoms with Crippen LogP contribution in [0.5, 0.6) is 11.5 Å². The lowest BCUT2D eigenvalue weighted by molar-refractivity contribution is 0.102. The molecule has 1 aromatic heterocycles. The minimum atomic E-state index is -0.264. The maximum atomic E-state index is 12.2. The second kappa shape index (κ2) is 5.64. The molecule has 0 spiro atoms. The van der Waals surface area contributed by atoms with Gasteiger partial charge in [0.15, 0.2) is 17.3 Å². The summed E-state index contributed by atoms with van der Waals surface area (Å²) >= 11 is 0. The molecule has 0 aliphatic heterocycles. The highest BCUT2D eigenvalue weighted by molar-refractivity contribution is 6.05. The molecule has 0 saturated heterocycles. The van der Waals surface area contributed by atoms with E-state index in [-0.39, 0.29) is 5.91 Å². The van der Waals surface area contributed by atoms with Crippen molar-refractivity contribution in [2.45, 2.75) is 13.8 Å². The van der Waals surface area contributed by atoms with E-state index in [1.807, 2.05) is 0 Å². The summed E-state index contributed by atoms with van der Waals surface area (Å²) in [5.41, 5.74) is 1.68. The van der Waals surface area contributed by atoms with Gasteiger partial charge in [-0.3, -0.25) is 4.79 Å². The highest BCUT2D eigenvalue weighted by Crippen LogP contribution is 2.28. The Balaban J connectivity index is 2.26. The molecule has 6 heteroatoms. The lowest BCUT2D eigenvalue weighted by Crippen LogP contribution is -2.13. The number of methoxy groups -OCH3 is 2. The van der Waals surface area contributed by atoms with Crippen molar-refractivity contribution in [3.05, 3.63) is 35.2 Å². The van der Waals surface area contributed by atoms with Crippen molar-refractivity contribution < 1.29 is 18.8 Å². The van der Waals surface area contributed by atoms with E-state index in [0.29, 0.717) is 34.2 Å². The number of amides is 1. The van der Waals surface area contributed by atoms with Gasteiger partial charge in [-0.25, -0.2) is 0 Å². The first-order chi connectivity index (χ1) is 9.56. The van der Waals surface area contributed by atoms with Crippen molar-refractivity contribution in [2.75, 3.05) is 19.5 Å². The summed E-state index contributed by atoms with van der Waals surface area (Å²) in [6.45, 7) is 3.50. The van der Waals surface area contributed by atoms with Crippen LogP contribution < -0.4 is 14.8 Å². The molecule has 0 bridgehead atoms. The van der Waals surface area contributed by atoms with Gasteiger partial charge in [0.1, 0.15) is 11.4 Å². The molecular formula is C14H16N2O4. The number of aromatic nitrogens is 1. The van der Waals surface area contributed by atoms with Crippen LogP contribution in [0.2, 0.25) is 0 Å². The number of nitrogens with zero attached hydrogens (tertiary/aromatic N) is 1. The monoisotopic (exact) mass is 276 g/mol. The summed E-state index contributed by atoms with van der Waals surface area (Å²) in [7, 11) is 3.06. The van der Waals surface area contributed by atoms with Crippen molar-refractivity contribution in [1.29, 1.82) is 0 Å². The van der Waals surface area contributed by atoms with Crippen molar-refractivity contribution in [1.82, 2.24) is 5.16 Å². The number of hydrogen-bond donors (Lipinski definition) is 1. The third-order valence-electron chi connectivity index (χ3n) is 2.92. The second-order valence-corrected chi connectivity index (χ2v) is 4.22. The molecule has 0 aliphatic rings. The summed E-state index contributed by atoms with van der Waals surface area (Å²) in [5, 5.41) is 6.56. The number of ether oxygens (including phenoxy) is 2. The fraction of sp³-hybridized carbons (Fsp3) is 0.286. The van der Waals surface area contributed by atoms with E-state index in [4.69, 9.17) is 14.0 Å². The minimum absolute atomic E-state index is 0.264. The van der Waals surface area contributed by atoms with Crippen LogP contribution in [0.3, 0.4) is 0 Å². The van der Waals surface area contributed by atoms with Crippen LogP contribution in [-0.4, -0.2) is 25.3 Å². The number of anilines is 1. The lowest BCUT2D eigenvalue weighted by atomic mass is 10.2. The summed E-state index contributed by atoms with van der Waals surface area (Å²) in [4.78, 5) is 12.2. The molecule has 6 nitrogen and oxygen atoms in total. The third kappa shape index (κ3) is 2.59. The number of carbonyl (C=O) groups excluding carboxylic acids is 1. The van der Waals surface area contributed by atoms with Gasteiger partial charge >= 0.3 is 0 Å². The second-order valence-electron chi connectivity index (χ2n) is 4.22. The molecule has 0 radical (unpaired) electrons. The molecule has 2 aromatic rings. The Morgan fingerprint density at radius 1 is 1.20 bits per heavy atom. The Morgan fingerprint density at radius 3 is 2.45 bits per heavy atom. The molecule has 0 aliphatic carbocycles. The van der Waals surface area contributed by atoms with E-state index < -0.39 is 0 Å². The van der Waals surface area contributed by atoms with E-state index in [0.717, 1.165) is 0 Å². The molecular weight excluding hydrogens is 260 g/mol. The smallest absolute Gasteiger partial charge is 0.255 e. The van der Waals surface area contributed by atoms with Gasteiger partial charge in [-0.2, -0.15) is 0 Å². The van der Waals surface area contributed by atoms with Crippen LogP contribution >= 0.6 is 0 Å². The zero-order valence-corrected chi connectivity index (χ0v) is 11.8. The zero-order chi connectivity index (χ0) is 14.7. The fourth-order valence-electron chi connectivity index (χ4n) is 1.82. The summed E-state index contributed by atoms with van der Waals surface area (Å²) < 4.78 is 15.3. The van der Waals surface area contributed by atoms with Gasteiger partial charge < -0.3 is 19.3 Å². The quantitative estimate of drug-likeness (QED) is 0.929. The average molecular weight is 276 g/mol. The average Bonchev–Trinajstić information content (AvgIpc) is 2.78. The van der Waals surface area contributed by atoms with Gasteiger partial charge in [-0.05, 0) is 32.0 Å². The summed E-state index contributed by atoms with van der Waals surface area (Å²) in [6, 6.07) is 4.96. The van der Waals surface area contributed by atoms with Crippen molar-refractivity contribution in [3.8, 4) is 11.5 Å². The first-order valence-electron chi connectivity index (χ1n) is 6.03. The number of carbonyl (C=O) groups is 1. The third-order valence-corrected chi connectivity index (χ3v) is 2.92. The normalized spacial score (nSPS) is 10.2. The van der Waals surface area contributed by atoms with E-state index >= 15 is 0 Å². The maximum absolute atomic E-state index is 12.2. The topological polar surface area (TPSA) is 73.6 Å². The predicted molar refractivity (Wildman–Crippen MR) is 73.5 cm³/mol. The molecule has 0 unspecified atom stereocenters. The van der Waals surface area contributed by atoms with Gasteiger partial charge in [0.05, 0.1) is 14.2 Å². The zero-order valence-electron chi connectivity index (χ0n) is 11.8. The van der Waals surface area contributed by atoms with E-state index in [1.54, 1.807) is 39.2 Å². The van der Waals surface area contributed by atoms with Crippen LogP contribution in [0.25, 0.3) is 0 Å². The SMILES string of the molecule is COc1ccc(C(=O)Nc2c(C)noc2C)cc1OC. The van der Waals surface area contributed by atoms with Crippen LogP contribution in [-0.2, 0) is 0 Å². The molecule has 1 aromatic carbocycles. The van der Waals surface area contributed by atoms with E-state index in [2.05, 4.69) is 10.5 Å². The number of aryl methyl sites for hydroxylation is 2.